The predicted molar refractivity (Wildman–Crippen MR) is 122 cm³/mol. The molecule has 1 aliphatic heterocycles. The highest BCUT2D eigenvalue weighted by Crippen LogP contribution is 2.59. The molecule has 0 unspecified atom stereocenters. The summed E-state index contributed by atoms with van der Waals surface area (Å²) >= 11 is 0. The summed E-state index contributed by atoms with van der Waals surface area (Å²) in [7, 11) is 0. The zero-order valence-corrected chi connectivity index (χ0v) is 18.3. The van der Waals surface area contributed by atoms with Gasteiger partial charge in [0.1, 0.15) is 12.5 Å². The molecule has 2 heterocycles. The third-order valence-electron chi connectivity index (χ3n) is 7.61. The lowest BCUT2D eigenvalue weighted by Crippen LogP contribution is -2.38. The Bertz CT molecular complexity index is 990. The van der Waals surface area contributed by atoms with Crippen molar-refractivity contribution in [2.75, 3.05) is 32.0 Å². The number of benzene rings is 1. The van der Waals surface area contributed by atoms with E-state index in [0.717, 1.165) is 37.1 Å². The Hall–Kier alpha value is -2.51. The van der Waals surface area contributed by atoms with Crippen LogP contribution in [0.25, 0.3) is 11.1 Å². The van der Waals surface area contributed by atoms with Gasteiger partial charge in [-0.25, -0.2) is 9.37 Å². The highest BCUT2D eigenvalue weighted by molar-refractivity contribution is 5.99. The molecule has 2 aliphatic carbocycles. The summed E-state index contributed by atoms with van der Waals surface area (Å²) in [5, 5.41) is 12.7. The van der Waals surface area contributed by atoms with E-state index in [1.54, 1.807) is 12.3 Å². The number of amides is 1. The van der Waals surface area contributed by atoms with Crippen molar-refractivity contribution in [2.24, 2.45) is 5.92 Å². The number of nitrogens with two attached hydrogens (primary N) is 1. The quantitative estimate of drug-likeness (QED) is 0.645. The highest BCUT2D eigenvalue weighted by atomic mass is 19.1. The number of hydrogen-bond donors (Lipinski definition) is 3. The Morgan fingerprint density at radius 2 is 1.97 bits per heavy atom. The first-order chi connectivity index (χ1) is 15.5. The first-order valence-electron chi connectivity index (χ1n) is 11.6. The SMILES string of the molecule is Nc1ncc(-c2ccc([C@@]34C[C@@H]3CN(CCF)C4)cc2)cc1C(=O)N[C@H]1CC[C@H](O)CC1. The van der Waals surface area contributed by atoms with Crippen LogP contribution in [-0.4, -0.2) is 59.4 Å². The van der Waals surface area contributed by atoms with Gasteiger partial charge in [-0.3, -0.25) is 9.69 Å². The van der Waals surface area contributed by atoms with Gasteiger partial charge in [-0.2, -0.15) is 0 Å². The van der Waals surface area contributed by atoms with Crippen molar-refractivity contribution in [3.05, 3.63) is 47.7 Å². The third kappa shape index (κ3) is 3.99. The van der Waals surface area contributed by atoms with Crippen LogP contribution in [0, 0.1) is 5.92 Å². The lowest BCUT2D eigenvalue weighted by molar-refractivity contribution is 0.0868. The lowest BCUT2D eigenvalue weighted by atomic mass is 9.92. The molecule has 0 spiro atoms. The maximum atomic E-state index is 12.8. The molecule has 170 valence electrons. The minimum Gasteiger partial charge on any atom is -0.393 e. The maximum absolute atomic E-state index is 12.8. The van der Waals surface area contributed by atoms with Crippen LogP contribution in [0.4, 0.5) is 10.2 Å². The van der Waals surface area contributed by atoms with Crippen LogP contribution in [0.2, 0.25) is 0 Å². The summed E-state index contributed by atoms with van der Waals surface area (Å²) in [6.07, 6.45) is 5.58. The molecule has 1 aromatic carbocycles. The molecule has 32 heavy (non-hydrogen) atoms. The smallest absolute Gasteiger partial charge is 0.255 e. The van der Waals surface area contributed by atoms with Crippen LogP contribution in [0.3, 0.4) is 0 Å². The van der Waals surface area contributed by atoms with E-state index in [2.05, 4.69) is 39.5 Å². The number of hydrogen-bond acceptors (Lipinski definition) is 5. The Labute approximate surface area is 188 Å². The molecular formula is C25H31FN4O2. The summed E-state index contributed by atoms with van der Waals surface area (Å²) in [6, 6.07) is 10.3. The average molecular weight is 439 g/mol. The molecule has 3 fully saturated rings. The van der Waals surface area contributed by atoms with Gasteiger partial charge in [-0.15, -0.1) is 0 Å². The van der Waals surface area contributed by atoms with Crippen molar-refractivity contribution < 1.29 is 14.3 Å². The number of carbonyl (C=O) groups excluding carboxylic acids is 1. The Balaban J connectivity index is 1.30. The average Bonchev–Trinajstić information content (AvgIpc) is 3.37. The number of alkyl halides is 1. The largest absolute Gasteiger partial charge is 0.393 e. The number of halogens is 1. The zero-order valence-electron chi connectivity index (χ0n) is 18.3. The molecule has 3 aliphatic rings. The molecule has 6 nitrogen and oxygen atoms in total. The first-order valence-corrected chi connectivity index (χ1v) is 11.6. The van der Waals surface area contributed by atoms with Gasteiger partial charge >= 0.3 is 0 Å². The fourth-order valence-corrected chi connectivity index (χ4v) is 5.62. The van der Waals surface area contributed by atoms with Gasteiger partial charge in [0.2, 0.25) is 0 Å². The normalized spacial score (nSPS) is 29.5. The second-order valence-electron chi connectivity index (χ2n) is 9.69. The van der Waals surface area contributed by atoms with E-state index in [0.29, 0.717) is 30.9 Å². The number of anilines is 1. The van der Waals surface area contributed by atoms with Crippen molar-refractivity contribution in [3.63, 3.8) is 0 Å². The Morgan fingerprint density at radius 1 is 1.22 bits per heavy atom. The maximum Gasteiger partial charge on any atom is 0.255 e. The van der Waals surface area contributed by atoms with Crippen molar-refractivity contribution in [2.45, 2.75) is 49.7 Å². The fraction of sp³-hybridized carbons (Fsp3) is 0.520. The van der Waals surface area contributed by atoms with Crippen LogP contribution >= 0.6 is 0 Å². The topological polar surface area (TPSA) is 91.5 Å². The predicted octanol–water partition coefficient (Wildman–Crippen LogP) is 2.91. The molecule has 1 amide bonds. The lowest BCUT2D eigenvalue weighted by Gasteiger charge is -2.26. The van der Waals surface area contributed by atoms with Crippen molar-refractivity contribution in [1.29, 1.82) is 0 Å². The number of nitrogens with zero attached hydrogens (tertiary/aromatic N) is 2. The number of aromatic nitrogens is 1. The molecule has 5 rings (SSSR count). The van der Waals surface area contributed by atoms with Crippen molar-refractivity contribution in [3.8, 4) is 11.1 Å². The second kappa shape index (κ2) is 8.45. The standard InChI is InChI=1S/C25H31FN4O2/c26-9-10-30-14-19-12-25(19,15-30)18-3-1-16(2-4-18)17-11-22(23(27)28-13-17)24(32)29-20-5-7-21(31)8-6-20/h1-4,11,13,19-21,31H,5-10,12,14-15H2,(H2,27,28)(H,29,32)/t19-,20-,21-,25+/m1/s1. The summed E-state index contributed by atoms with van der Waals surface area (Å²) in [6.45, 7) is 2.17. The molecule has 7 heteroatoms. The number of carbonyl (C=O) groups is 1. The van der Waals surface area contributed by atoms with Gasteiger partial charge in [0.05, 0.1) is 11.7 Å². The molecule has 1 aromatic heterocycles. The summed E-state index contributed by atoms with van der Waals surface area (Å²) in [4.78, 5) is 19.3. The van der Waals surface area contributed by atoms with Gasteiger partial charge in [-0.1, -0.05) is 24.3 Å². The van der Waals surface area contributed by atoms with Crippen LogP contribution in [0.1, 0.15) is 48.0 Å². The number of piperidine rings is 1. The first kappa shape index (κ1) is 21.3. The van der Waals surface area contributed by atoms with E-state index in [1.165, 1.54) is 12.0 Å². The zero-order chi connectivity index (χ0) is 22.3. The summed E-state index contributed by atoms with van der Waals surface area (Å²) in [5.41, 5.74) is 9.75. The fourth-order valence-electron chi connectivity index (χ4n) is 5.62. The third-order valence-corrected chi connectivity index (χ3v) is 7.61. The number of fused-ring (bicyclic) bond motifs is 1. The van der Waals surface area contributed by atoms with E-state index in [-0.39, 0.29) is 36.0 Å². The number of nitrogen functional groups attached to an aromatic ring is 1. The Morgan fingerprint density at radius 3 is 2.69 bits per heavy atom. The number of aliphatic hydroxyl groups excluding tert-OH is 1. The van der Waals surface area contributed by atoms with Crippen LogP contribution in [-0.2, 0) is 5.41 Å². The number of pyridine rings is 1. The van der Waals surface area contributed by atoms with Gasteiger partial charge in [-0.05, 0) is 55.2 Å². The van der Waals surface area contributed by atoms with E-state index in [9.17, 15) is 14.3 Å². The van der Waals surface area contributed by atoms with E-state index in [1.807, 2.05) is 0 Å². The molecular weight excluding hydrogens is 407 g/mol. The number of nitrogens with one attached hydrogen (secondary N) is 1. The molecule has 2 atom stereocenters. The Kier molecular flexibility index (Phi) is 5.63. The molecule has 0 bridgehead atoms. The van der Waals surface area contributed by atoms with Crippen molar-refractivity contribution >= 4 is 11.7 Å². The molecule has 2 saturated carbocycles. The second-order valence-corrected chi connectivity index (χ2v) is 9.69. The van der Waals surface area contributed by atoms with E-state index >= 15 is 0 Å². The van der Waals surface area contributed by atoms with Crippen LogP contribution < -0.4 is 11.1 Å². The monoisotopic (exact) mass is 438 g/mol. The molecule has 2 aromatic rings. The minimum atomic E-state index is -0.287. The number of rotatable bonds is 6. The summed E-state index contributed by atoms with van der Waals surface area (Å²) in [5.74, 6) is 0.639. The molecule has 1 saturated heterocycles. The number of aliphatic hydroxyl groups is 1. The van der Waals surface area contributed by atoms with Crippen LogP contribution in [0.5, 0.6) is 0 Å². The van der Waals surface area contributed by atoms with Gasteiger partial charge in [0, 0.05) is 42.9 Å². The molecule has 0 radical (unpaired) electrons. The van der Waals surface area contributed by atoms with E-state index in [4.69, 9.17) is 5.73 Å². The van der Waals surface area contributed by atoms with Gasteiger partial charge < -0.3 is 16.2 Å². The minimum absolute atomic E-state index is 0.0577. The summed E-state index contributed by atoms with van der Waals surface area (Å²) < 4.78 is 12.7. The highest BCUT2D eigenvalue weighted by Gasteiger charge is 2.60. The van der Waals surface area contributed by atoms with E-state index < -0.39 is 0 Å². The van der Waals surface area contributed by atoms with Gasteiger partial charge in [0.15, 0.2) is 0 Å². The number of likely N-dealkylation sites (tertiary alicyclic amines) is 1. The van der Waals surface area contributed by atoms with Crippen LogP contribution in [0.15, 0.2) is 36.5 Å². The molecule has 4 N–H and O–H groups in total. The van der Waals surface area contributed by atoms with Crippen molar-refractivity contribution in [1.82, 2.24) is 15.2 Å². The van der Waals surface area contributed by atoms with Gasteiger partial charge in [0.25, 0.3) is 5.91 Å².